The first-order chi connectivity index (χ1) is 16.5. The van der Waals surface area contributed by atoms with Crippen molar-refractivity contribution in [2.75, 3.05) is 18.5 Å². The van der Waals surface area contributed by atoms with Crippen molar-refractivity contribution in [1.82, 2.24) is 0 Å². The summed E-state index contributed by atoms with van der Waals surface area (Å²) in [5, 5.41) is 3.00. The van der Waals surface area contributed by atoms with E-state index in [-0.39, 0.29) is 36.1 Å². The number of Topliss-reactive ketones (excluding diaryl/α,β-unsaturated/α-hetero) is 1. The SMILES string of the molecule is Cc1oc2cc(OCC(=O)c3ccc4c(c3)NC(=O)CO4)ccc2c(=O)c1Oc1ccccc1. The van der Waals surface area contributed by atoms with Crippen LogP contribution in [0.2, 0.25) is 0 Å². The average molecular weight is 457 g/mol. The van der Waals surface area contributed by atoms with Crippen LogP contribution in [0.25, 0.3) is 11.0 Å². The number of ether oxygens (including phenoxy) is 3. The summed E-state index contributed by atoms with van der Waals surface area (Å²) in [5.74, 6) is 1.29. The molecule has 0 bridgehead atoms. The Kier molecular flexibility index (Phi) is 5.47. The van der Waals surface area contributed by atoms with E-state index in [1.807, 2.05) is 18.2 Å². The van der Waals surface area contributed by atoms with Crippen molar-refractivity contribution in [3.05, 3.63) is 88.3 Å². The molecule has 0 atom stereocenters. The molecule has 0 fully saturated rings. The molecule has 8 nitrogen and oxygen atoms in total. The monoisotopic (exact) mass is 457 g/mol. The number of ketones is 1. The highest BCUT2D eigenvalue weighted by atomic mass is 16.5. The van der Waals surface area contributed by atoms with Gasteiger partial charge in [-0.15, -0.1) is 0 Å². The second-order valence-corrected chi connectivity index (χ2v) is 7.65. The molecule has 1 amide bonds. The van der Waals surface area contributed by atoms with Crippen molar-refractivity contribution in [3.8, 4) is 23.0 Å². The van der Waals surface area contributed by atoms with Gasteiger partial charge in [0.05, 0.1) is 11.1 Å². The Hall–Kier alpha value is -4.59. The highest BCUT2D eigenvalue weighted by Gasteiger charge is 2.19. The van der Waals surface area contributed by atoms with Crippen LogP contribution in [-0.4, -0.2) is 24.9 Å². The zero-order valence-corrected chi connectivity index (χ0v) is 18.1. The van der Waals surface area contributed by atoms with Crippen LogP contribution in [0.1, 0.15) is 16.1 Å². The Morgan fingerprint density at radius 2 is 1.82 bits per heavy atom. The summed E-state index contributed by atoms with van der Waals surface area (Å²) in [6.07, 6.45) is 0. The van der Waals surface area contributed by atoms with Crippen molar-refractivity contribution < 1.29 is 28.2 Å². The quantitative estimate of drug-likeness (QED) is 0.426. The summed E-state index contributed by atoms with van der Waals surface area (Å²) in [6, 6.07) is 18.5. The molecule has 1 N–H and O–H groups in total. The van der Waals surface area contributed by atoms with E-state index < -0.39 is 0 Å². The average Bonchev–Trinajstić information content (AvgIpc) is 2.85. The second kappa shape index (κ2) is 8.74. The van der Waals surface area contributed by atoms with Gasteiger partial charge in [0.15, 0.2) is 19.0 Å². The van der Waals surface area contributed by atoms with Gasteiger partial charge in [-0.25, -0.2) is 0 Å². The summed E-state index contributed by atoms with van der Waals surface area (Å²) in [5.41, 5.74) is 0.832. The Morgan fingerprint density at radius 3 is 2.65 bits per heavy atom. The first-order valence-electron chi connectivity index (χ1n) is 10.5. The lowest BCUT2D eigenvalue weighted by Gasteiger charge is -2.18. The zero-order valence-electron chi connectivity index (χ0n) is 18.1. The van der Waals surface area contributed by atoms with Crippen molar-refractivity contribution in [3.63, 3.8) is 0 Å². The van der Waals surface area contributed by atoms with Crippen molar-refractivity contribution >= 4 is 28.3 Å². The first-order valence-corrected chi connectivity index (χ1v) is 10.5. The van der Waals surface area contributed by atoms with Crippen LogP contribution in [0, 0.1) is 6.92 Å². The number of hydrogen-bond acceptors (Lipinski definition) is 7. The number of para-hydroxylation sites is 1. The van der Waals surface area contributed by atoms with Gasteiger partial charge >= 0.3 is 0 Å². The smallest absolute Gasteiger partial charge is 0.262 e. The fourth-order valence-electron chi connectivity index (χ4n) is 3.57. The minimum atomic E-state index is -0.302. The minimum Gasteiger partial charge on any atom is -0.485 e. The van der Waals surface area contributed by atoms with E-state index in [0.717, 1.165) is 0 Å². The van der Waals surface area contributed by atoms with Crippen molar-refractivity contribution in [2.24, 2.45) is 0 Å². The third-order valence-electron chi connectivity index (χ3n) is 5.25. The number of carbonyl (C=O) groups excluding carboxylic acids is 2. The van der Waals surface area contributed by atoms with Gasteiger partial charge in [0.25, 0.3) is 5.91 Å². The normalized spacial score (nSPS) is 12.4. The van der Waals surface area contributed by atoms with Gasteiger partial charge in [0.1, 0.15) is 28.6 Å². The lowest BCUT2D eigenvalue weighted by Crippen LogP contribution is -2.25. The van der Waals surface area contributed by atoms with Crippen LogP contribution < -0.4 is 25.0 Å². The van der Waals surface area contributed by atoms with Crippen LogP contribution in [0.3, 0.4) is 0 Å². The summed E-state index contributed by atoms with van der Waals surface area (Å²) in [4.78, 5) is 37.0. The number of hydrogen-bond donors (Lipinski definition) is 1. The molecule has 1 aromatic heterocycles. The highest BCUT2D eigenvalue weighted by molar-refractivity contribution is 6.01. The molecular formula is C26H19NO7. The summed E-state index contributed by atoms with van der Waals surface area (Å²) in [7, 11) is 0. The standard InChI is InChI=1S/C26H19NO7/c1-15-26(34-17-5-3-2-4-6-17)25(30)19-9-8-18(12-23(19)33-15)31-13-21(28)16-7-10-22-20(11-16)27-24(29)14-32-22/h2-12H,13-14H2,1H3,(H,27,29). The third kappa shape index (κ3) is 4.21. The predicted octanol–water partition coefficient (Wildman–Crippen LogP) is 4.49. The molecule has 5 rings (SSSR count). The van der Waals surface area contributed by atoms with E-state index in [1.165, 1.54) is 0 Å². The number of carbonyl (C=O) groups is 2. The molecule has 1 aliphatic rings. The van der Waals surface area contributed by atoms with Crippen LogP contribution in [0.5, 0.6) is 23.0 Å². The number of benzene rings is 3. The van der Waals surface area contributed by atoms with Gasteiger partial charge in [-0.2, -0.15) is 0 Å². The van der Waals surface area contributed by atoms with Gasteiger partial charge in [0.2, 0.25) is 11.2 Å². The van der Waals surface area contributed by atoms with Crippen LogP contribution in [-0.2, 0) is 4.79 Å². The largest absolute Gasteiger partial charge is 0.485 e. The second-order valence-electron chi connectivity index (χ2n) is 7.65. The summed E-state index contributed by atoms with van der Waals surface area (Å²) >= 11 is 0. The highest BCUT2D eigenvalue weighted by Crippen LogP contribution is 2.29. The Bertz CT molecular complexity index is 1470. The Labute approximate surface area is 193 Å². The van der Waals surface area contributed by atoms with Crippen LogP contribution in [0.15, 0.2) is 75.9 Å². The number of rotatable bonds is 6. The molecule has 4 aromatic rings. The number of fused-ring (bicyclic) bond motifs is 2. The van der Waals surface area contributed by atoms with Gasteiger partial charge in [0, 0.05) is 11.6 Å². The van der Waals surface area contributed by atoms with Gasteiger partial charge in [-0.3, -0.25) is 14.4 Å². The van der Waals surface area contributed by atoms with E-state index >= 15 is 0 Å². The lowest BCUT2D eigenvalue weighted by molar-refractivity contribution is -0.118. The van der Waals surface area contributed by atoms with Gasteiger partial charge in [-0.05, 0) is 49.4 Å². The van der Waals surface area contributed by atoms with Crippen molar-refractivity contribution in [1.29, 1.82) is 0 Å². The molecule has 34 heavy (non-hydrogen) atoms. The fraction of sp³-hybridized carbons (Fsp3) is 0.115. The molecule has 170 valence electrons. The van der Waals surface area contributed by atoms with E-state index in [0.29, 0.717) is 45.2 Å². The fourth-order valence-corrected chi connectivity index (χ4v) is 3.57. The first kappa shape index (κ1) is 21.3. The van der Waals surface area contributed by atoms with Crippen LogP contribution in [0.4, 0.5) is 5.69 Å². The van der Waals surface area contributed by atoms with E-state index in [4.69, 9.17) is 18.6 Å². The number of aryl methyl sites for hydroxylation is 1. The molecule has 0 spiro atoms. The molecule has 0 radical (unpaired) electrons. The van der Waals surface area contributed by atoms with E-state index in [9.17, 15) is 14.4 Å². The van der Waals surface area contributed by atoms with Crippen molar-refractivity contribution in [2.45, 2.75) is 6.92 Å². The zero-order chi connectivity index (χ0) is 23.7. The molecule has 0 saturated heterocycles. The molecule has 8 heteroatoms. The lowest BCUT2D eigenvalue weighted by atomic mass is 10.1. The number of amides is 1. The molecule has 0 aliphatic carbocycles. The molecular weight excluding hydrogens is 438 g/mol. The van der Waals surface area contributed by atoms with Gasteiger partial charge < -0.3 is 23.9 Å². The molecule has 3 aromatic carbocycles. The van der Waals surface area contributed by atoms with Crippen LogP contribution >= 0.6 is 0 Å². The summed E-state index contributed by atoms with van der Waals surface area (Å²) < 4.78 is 22.5. The third-order valence-corrected chi connectivity index (χ3v) is 5.25. The molecule has 1 aliphatic heterocycles. The minimum absolute atomic E-state index is 0.0547. The summed E-state index contributed by atoms with van der Waals surface area (Å²) in [6.45, 7) is 1.35. The number of nitrogens with one attached hydrogen (secondary N) is 1. The maximum Gasteiger partial charge on any atom is 0.262 e. The van der Waals surface area contributed by atoms with Gasteiger partial charge in [-0.1, -0.05) is 18.2 Å². The Morgan fingerprint density at radius 1 is 1.00 bits per heavy atom. The molecule has 2 heterocycles. The predicted molar refractivity (Wildman–Crippen MR) is 124 cm³/mol. The van der Waals surface area contributed by atoms with E-state index in [2.05, 4.69) is 5.32 Å². The molecule has 0 saturated carbocycles. The topological polar surface area (TPSA) is 104 Å². The van der Waals surface area contributed by atoms with E-state index in [1.54, 1.807) is 55.5 Å². The maximum absolute atomic E-state index is 12.9. The Balaban J connectivity index is 1.33. The number of anilines is 1. The maximum atomic E-state index is 12.9. The molecule has 0 unspecified atom stereocenters.